The lowest BCUT2D eigenvalue weighted by molar-refractivity contribution is 0.636. The maximum atomic E-state index is 4.39. The summed E-state index contributed by atoms with van der Waals surface area (Å²) in [5.41, 5.74) is 0. The van der Waals surface area contributed by atoms with Crippen molar-refractivity contribution in [2.24, 2.45) is 0 Å². The molecule has 2 heterocycles. The summed E-state index contributed by atoms with van der Waals surface area (Å²) in [5, 5.41) is 7.39. The number of aryl methyl sites for hydroxylation is 1. The molecule has 0 aliphatic heterocycles. The van der Waals surface area contributed by atoms with Crippen molar-refractivity contribution in [3.8, 4) is 0 Å². The summed E-state index contributed by atoms with van der Waals surface area (Å²) < 4.78 is 2.69. The quantitative estimate of drug-likeness (QED) is 0.859. The van der Waals surface area contributed by atoms with E-state index in [1.165, 1.54) is 0 Å². The second-order valence-electron chi connectivity index (χ2n) is 3.54. The molecule has 2 aromatic heterocycles. The van der Waals surface area contributed by atoms with Crippen LogP contribution in [0.1, 0.15) is 12.7 Å². The SMILES string of the molecule is CCc1nc(Br)cc(NCCn2cccn2)n1. The van der Waals surface area contributed by atoms with Crippen LogP contribution in [0.4, 0.5) is 5.82 Å². The lowest BCUT2D eigenvalue weighted by atomic mass is 10.4. The van der Waals surface area contributed by atoms with Gasteiger partial charge in [-0.3, -0.25) is 4.68 Å². The molecule has 0 saturated carbocycles. The number of hydrogen-bond donors (Lipinski definition) is 1. The zero-order valence-corrected chi connectivity index (χ0v) is 11.2. The standard InChI is InChI=1S/C11H14BrN5/c1-2-10-15-9(12)8-11(16-10)13-5-7-17-6-3-4-14-17/h3-4,6,8H,2,5,7H2,1H3,(H,13,15,16). The summed E-state index contributed by atoms with van der Waals surface area (Å²) in [7, 11) is 0. The number of nitrogens with zero attached hydrogens (tertiary/aromatic N) is 4. The van der Waals surface area contributed by atoms with Gasteiger partial charge in [-0.25, -0.2) is 9.97 Å². The van der Waals surface area contributed by atoms with E-state index in [1.54, 1.807) is 6.20 Å². The zero-order chi connectivity index (χ0) is 12.1. The van der Waals surface area contributed by atoms with Crippen molar-refractivity contribution < 1.29 is 0 Å². The van der Waals surface area contributed by atoms with E-state index in [4.69, 9.17) is 0 Å². The monoisotopic (exact) mass is 295 g/mol. The number of halogens is 1. The van der Waals surface area contributed by atoms with Crippen molar-refractivity contribution in [2.75, 3.05) is 11.9 Å². The molecule has 17 heavy (non-hydrogen) atoms. The van der Waals surface area contributed by atoms with Gasteiger partial charge in [-0.1, -0.05) is 6.92 Å². The van der Waals surface area contributed by atoms with Gasteiger partial charge in [0.05, 0.1) is 6.54 Å². The molecule has 0 fully saturated rings. The molecule has 0 unspecified atom stereocenters. The van der Waals surface area contributed by atoms with Crippen molar-refractivity contribution in [3.63, 3.8) is 0 Å². The van der Waals surface area contributed by atoms with Crippen LogP contribution in [0.3, 0.4) is 0 Å². The number of anilines is 1. The van der Waals surface area contributed by atoms with Crippen LogP contribution >= 0.6 is 15.9 Å². The molecule has 5 nitrogen and oxygen atoms in total. The molecule has 0 radical (unpaired) electrons. The van der Waals surface area contributed by atoms with Gasteiger partial charge in [0.2, 0.25) is 0 Å². The average molecular weight is 296 g/mol. The van der Waals surface area contributed by atoms with Crippen LogP contribution in [0.2, 0.25) is 0 Å². The van der Waals surface area contributed by atoms with Gasteiger partial charge < -0.3 is 5.32 Å². The summed E-state index contributed by atoms with van der Waals surface area (Å²) in [6.07, 6.45) is 4.54. The Balaban J connectivity index is 1.92. The minimum Gasteiger partial charge on any atom is -0.368 e. The molecule has 0 atom stereocenters. The van der Waals surface area contributed by atoms with Gasteiger partial charge >= 0.3 is 0 Å². The molecule has 0 spiro atoms. The lowest BCUT2D eigenvalue weighted by Gasteiger charge is -2.07. The van der Waals surface area contributed by atoms with Crippen LogP contribution in [-0.2, 0) is 13.0 Å². The van der Waals surface area contributed by atoms with Crippen molar-refractivity contribution >= 4 is 21.7 Å². The minimum absolute atomic E-state index is 0.786. The van der Waals surface area contributed by atoms with Crippen molar-refractivity contribution in [2.45, 2.75) is 19.9 Å². The predicted octanol–water partition coefficient (Wildman–Crippen LogP) is 2.11. The first-order valence-corrected chi connectivity index (χ1v) is 6.32. The second kappa shape index (κ2) is 5.77. The van der Waals surface area contributed by atoms with Crippen LogP contribution in [0.15, 0.2) is 29.1 Å². The number of aromatic nitrogens is 4. The maximum Gasteiger partial charge on any atom is 0.131 e. The van der Waals surface area contributed by atoms with Gasteiger partial charge in [0.25, 0.3) is 0 Å². The fourth-order valence-electron chi connectivity index (χ4n) is 1.44. The molecule has 90 valence electrons. The highest BCUT2D eigenvalue weighted by Crippen LogP contribution is 2.12. The highest BCUT2D eigenvalue weighted by Gasteiger charge is 2.00. The largest absolute Gasteiger partial charge is 0.368 e. The predicted molar refractivity (Wildman–Crippen MR) is 69.8 cm³/mol. The first kappa shape index (κ1) is 12.0. The molecule has 0 amide bonds. The Morgan fingerprint density at radius 2 is 2.29 bits per heavy atom. The summed E-state index contributed by atoms with van der Waals surface area (Å²) in [4.78, 5) is 8.65. The van der Waals surface area contributed by atoms with Gasteiger partial charge in [-0.2, -0.15) is 5.10 Å². The molecule has 0 saturated heterocycles. The van der Waals surface area contributed by atoms with E-state index in [9.17, 15) is 0 Å². The molecule has 1 N–H and O–H groups in total. The minimum atomic E-state index is 0.786. The Morgan fingerprint density at radius 3 is 3.00 bits per heavy atom. The molecule has 0 aliphatic rings. The van der Waals surface area contributed by atoms with Gasteiger partial charge in [-0.15, -0.1) is 0 Å². The van der Waals surface area contributed by atoms with Crippen LogP contribution < -0.4 is 5.32 Å². The van der Waals surface area contributed by atoms with E-state index in [0.29, 0.717) is 0 Å². The topological polar surface area (TPSA) is 55.6 Å². The molecule has 2 aromatic rings. The molecular weight excluding hydrogens is 282 g/mol. The van der Waals surface area contributed by atoms with Crippen LogP contribution in [0, 0.1) is 0 Å². The van der Waals surface area contributed by atoms with Crippen LogP contribution in [0.5, 0.6) is 0 Å². The van der Waals surface area contributed by atoms with Crippen LogP contribution in [-0.4, -0.2) is 26.3 Å². The first-order valence-electron chi connectivity index (χ1n) is 5.52. The Hall–Kier alpha value is -1.43. The molecular formula is C11H14BrN5. The Morgan fingerprint density at radius 1 is 1.41 bits per heavy atom. The fourth-order valence-corrected chi connectivity index (χ4v) is 1.87. The second-order valence-corrected chi connectivity index (χ2v) is 4.35. The number of hydrogen-bond acceptors (Lipinski definition) is 4. The van der Waals surface area contributed by atoms with Crippen molar-refractivity contribution in [1.82, 2.24) is 19.7 Å². The highest BCUT2D eigenvalue weighted by atomic mass is 79.9. The Kier molecular flexibility index (Phi) is 4.08. The van der Waals surface area contributed by atoms with E-state index >= 15 is 0 Å². The fraction of sp³-hybridized carbons (Fsp3) is 0.364. The summed E-state index contributed by atoms with van der Waals surface area (Å²) in [5.74, 6) is 1.68. The third-order valence-electron chi connectivity index (χ3n) is 2.26. The average Bonchev–Trinajstić information content (AvgIpc) is 2.81. The van der Waals surface area contributed by atoms with Gasteiger partial charge in [0.15, 0.2) is 0 Å². The summed E-state index contributed by atoms with van der Waals surface area (Å²) in [6, 6.07) is 3.79. The van der Waals surface area contributed by atoms with Gasteiger partial charge in [0, 0.05) is 31.4 Å². The molecule has 0 aliphatic carbocycles. The van der Waals surface area contributed by atoms with Crippen molar-refractivity contribution in [3.05, 3.63) is 35.0 Å². The Bertz CT molecular complexity index is 469. The van der Waals surface area contributed by atoms with E-state index in [2.05, 4.69) is 36.3 Å². The summed E-state index contributed by atoms with van der Waals surface area (Å²) in [6.45, 7) is 3.64. The third kappa shape index (κ3) is 3.52. The molecule has 2 rings (SSSR count). The van der Waals surface area contributed by atoms with E-state index in [1.807, 2.05) is 29.9 Å². The smallest absolute Gasteiger partial charge is 0.131 e. The highest BCUT2D eigenvalue weighted by molar-refractivity contribution is 9.10. The number of nitrogens with one attached hydrogen (secondary N) is 1. The van der Waals surface area contributed by atoms with Crippen molar-refractivity contribution in [1.29, 1.82) is 0 Å². The zero-order valence-electron chi connectivity index (χ0n) is 9.60. The molecule has 0 aromatic carbocycles. The Labute approximate surface area is 108 Å². The van der Waals surface area contributed by atoms with E-state index < -0.39 is 0 Å². The van der Waals surface area contributed by atoms with E-state index in [-0.39, 0.29) is 0 Å². The first-order chi connectivity index (χ1) is 8.28. The third-order valence-corrected chi connectivity index (χ3v) is 2.67. The summed E-state index contributed by atoms with van der Waals surface area (Å²) >= 11 is 3.38. The lowest BCUT2D eigenvalue weighted by Crippen LogP contribution is -2.12. The van der Waals surface area contributed by atoms with Gasteiger partial charge in [0.1, 0.15) is 16.2 Å². The maximum absolute atomic E-state index is 4.39. The van der Waals surface area contributed by atoms with E-state index in [0.717, 1.165) is 35.8 Å². The normalized spacial score (nSPS) is 10.5. The number of rotatable bonds is 5. The molecule has 0 bridgehead atoms. The van der Waals surface area contributed by atoms with Gasteiger partial charge in [-0.05, 0) is 22.0 Å². The van der Waals surface area contributed by atoms with Crippen LogP contribution in [0.25, 0.3) is 0 Å². The molecule has 6 heteroatoms.